The van der Waals surface area contributed by atoms with Crippen molar-refractivity contribution in [1.29, 1.82) is 0 Å². The summed E-state index contributed by atoms with van der Waals surface area (Å²) in [6.07, 6.45) is 12.8. The Hall–Kier alpha value is -0.645. The van der Waals surface area contributed by atoms with Crippen LogP contribution in [0.5, 0.6) is 0 Å². The van der Waals surface area contributed by atoms with Crippen molar-refractivity contribution in [2.75, 3.05) is 0 Å². The van der Waals surface area contributed by atoms with E-state index in [0.29, 0.717) is 0 Å². The molecule has 0 aromatic rings. The fourth-order valence-electron chi connectivity index (χ4n) is 2.02. The molecule has 0 aromatic heterocycles. The number of carbonyl (C=O) groups excluding carboxylic acids is 2. The van der Waals surface area contributed by atoms with Crippen LogP contribution >= 0.6 is 0 Å². The van der Waals surface area contributed by atoms with E-state index in [0.717, 1.165) is 38.5 Å². The Morgan fingerprint density at radius 3 is 1.37 bits per heavy atom. The van der Waals surface area contributed by atoms with Crippen LogP contribution in [-0.2, 0) is 37.3 Å². The third kappa shape index (κ3) is 7.50. The molecule has 2 aliphatic carbocycles. The van der Waals surface area contributed by atoms with Gasteiger partial charge in [-0.1, -0.05) is 24.3 Å². The summed E-state index contributed by atoms with van der Waals surface area (Å²) < 4.78 is 0. The largest absolute Gasteiger partial charge is 2.00 e. The van der Waals surface area contributed by atoms with Crippen LogP contribution in [0.3, 0.4) is 0 Å². The average Bonchev–Trinajstić information content (AvgIpc) is 2.41. The van der Waals surface area contributed by atoms with Gasteiger partial charge in [0.1, 0.15) is 0 Å². The summed E-state index contributed by atoms with van der Waals surface area (Å²) in [5, 5.41) is 20.4. The molecule has 0 spiro atoms. The van der Waals surface area contributed by atoms with Crippen LogP contribution in [-0.4, -0.2) is 11.9 Å². The van der Waals surface area contributed by atoms with Gasteiger partial charge in [0.15, 0.2) is 0 Å². The zero-order chi connectivity index (χ0) is 13.4. The maximum Gasteiger partial charge on any atom is 2.00 e. The van der Waals surface area contributed by atoms with Crippen molar-refractivity contribution in [2.24, 2.45) is 11.8 Å². The number of hydrogen-bond acceptors (Lipinski definition) is 4. The minimum absolute atomic E-state index is 0. The second kappa shape index (κ2) is 10.2. The van der Waals surface area contributed by atoms with Crippen molar-refractivity contribution in [2.45, 2.75) is 38.5 Å². The van der Waals surface area contributed by atoms with Gasteiger partial charge < -0.3 is 19.8 Å². The molecule has 0 heterocycles. The van der Waals surface area contributed by atoms with Crippen LogP contribution in [0.4, 0.5) is 0 Å². The van der Waals surface area contributed by atoms with Gasteiger partial charge >= 0.3 is 27.7 Å². The Kier molecular flexibility index (Phi) is 9.83. The van der Waals surface area contributed by atoms with E-state index in [9.17, 15) is 19.8 Å². The maximum absolute atomic E-state index is 10.2. The number of carboxylic acids is 2. The van der Waals surface area contributed by atoms with E-state index in [1.54, 1.807) is 12.2 Å². The van der Waals surface area contributed by atoms with Crippen LogP contribution in [0.1, 0.15) is 38.5 Å². The Labute approximate surface area is 134 Å². The Morgan fingerprint density at radius 2 is 1.21 bits per heavy atom. The standard InChI is InChI=1S/2C7H10O2.Hg/c2*8-7(9)6-4-2-1-3-5-6;/h2*2,4,6H,1,3,5H2,(H,8,9);/q;;+2/p-2. The van der Waals surface area contributed by atoms with Crippen LogP contribution in [0.15, 0.2) is 24.3 Å². The Bertz CT molecular complexity index is 315. The summed E-state index contributed by atoms with van der Waals surface area (Å²) in [7, 11) is 0. The Balaban J connectivity index is 0.000000324. The fourth-order valence-corrected chi connectivity index (χ4v) is 2.02. The normalized spacial score (nSPS) is 24.6. The SMILES string of the molecule is O=C([O-])C1C=CCCC1.O=C([O-])C1C=CCCC1.[Hg+2]. The molecule has 0 aromatic carbocycles. The minimum Gasteiger partial charge on any atom is -0.550 e. The van der Waals surface area contributed by atoms with Crippen LogP contribution < -0.4 is 10.2 Å². The molecule has 0 amide bonds. The van der Waals surface area contributed by atoms with Crippen molar-refractivity contribution >= 4 is 11.9 Å². The summed E-state index contributed by atoms with van der Waals surface area (Å²) in [5.74, 6) is -2.52. The van der Waals surface area contributed by atoms with E-state index in [-0.39, 0.29) is 39.5 Å². The van der Waals surface area contributed by atoms with E-state index in [1.807, 2.05) is 12.2 Å². The van der Waals surface area contributed by atoms with Crippen LogP contribution in [0, 0.1) is 11.8 Å². The molecule has 2 rings (SSSR count). The zero-order valence-corrected chi connectivity index (χ0v) is 16.5. The van der Waals surface area contributed by atoms with Crippen molar-refractivity contribution in [3.05, 3.63) is 24.3 Å². The summed E-state index contributed by atoms with van der Waals surface area (Å²) in [6.45, 7) is 0. The van der Waals surface area contributed by atoms with Gasteiger partial charge in [0.25, 0.3) is 0 Å². The second-order valence-electron chi connectivity index (χ2n) is 4.57. The molecule has 0 radical (unpaired) electrons. The quantitative estimate of drug-likeness (QED) is 0.444. The van der Waals surface area contributed by atoms with Gasteiger partial charge in [-0.25, -0.2) is 0 Å². The van der Waals surface area contributed by atoms with E-state index < -0.39 is 11.9 Å². The molecule has 19 heavy (non-hydrogen) atoms. The monoisotopic (exact) mass is 452 g/mol. The van der Waals surface area contributed by atoms with E-state index in [4.69, 9.17) is 0 Å². The molecule has 0 fully saturated rings. The van der Waals surface area contributed by atoms with Crippen molar-refractivity contribution in [1.82, 2.24) is 0 Å². The molecule has 2 atom stereocenters. The van der Waals surface area contributed by atoms with Gasteiger partial charge in [-0.15, -0.1) is 0 Å². The van der Waals surface area contributed by atoms with E-state index in [1.165, 1.54) is 0 Å². The molecule has 0 saturated heterocycles. The number of carboxylic acid groups (broad SMARTS) is 2. The molecule has 2 unspecified atom stereocenters. The summed E-state index contributed by atoms with van der Waals surface area (Å²) in [6, 6.07) is 0. The molecule has 0 N–H and O–H groups in total. The van der Waals surface area contributed by atoms with Gasteiger partial charge in [-0.2, -0.15) is 0 Å². The van der Waals surface area contributed by atoms with Gasteiger partial charge in [-0.3, -0.25) is 0 Å². The second-order valence-corrected chi connectivity index (χ2v) is 4.57. The number of carbonyl (C=O) groups is 2. The number of allylic oxidation sites excluding steroid dienone is 2. The molecular weight excluding hydrogens is 433 g/mol. The predicted octanol–water partition coefficient (Wildman–Crippen LogP) is 0.183. The molecule has 100 valence electrons. The molecule has 0 aliphatic heterocycles. The third-order valence-electron chi connectivity index (χ3n) is 3.11. The van der Waals surface area contributed by atoms with Crippen molar-refractivity contribution in [3.8, 4) is 0 Å². The Morgan fingerprint density at radius 1 is 0.842 bits per heavy atom. The van der Waals surface area contributed by atoms with Crippen LogP contribution in [0.25, 0.3) is 0 Å². The molecule has 5 heteroatoms. The van der Waals surface area contributed by atoms with Crippen molar-refractivity contribution in [3.63, 3.8) is 0 Å². The van der Waals surface area contributed by atoms with Gasteiger partial charge in [0, 0.05) is 23.8 Å². The van der Waals surface area contributed by atoms with E-state index in [2.05, 4.69) is 0 Å². The molecular formula is C14H18HgO4. The molecule has 4 nitrogen and oxygen atoms in total. The predicted molar refractivity (Wildman–Crippen MR) is 63.0 cm³/mol. The molecule has 0 bridgehead atoms. The zero-order valence-electron chi connectivity index (χ0n) is 11.0. The molecule has 0 saturated carbocycles. The number of hydrogen-bond donors (Lipinski definition) is 0. The minimum atomic E-state index is -0.939. The topological polar surface area (TPSA) is 80.3 Å². The first-order valence-corrected chi connectivity index (χ1v) is 6.36. The smallest absolute Gasteiger partial charge is 0.550 e. The molecule has 2 aliphatic rings. The summed E-state index contributed by atoms with van der Waals surface area (Å²) >= 11 is 0. The number of rotatable bonds is 2. The summed E-state index contributed by atoms with van der Waals surface area (Å²) in [5.41, 5.74) is 0. The average molecular weight is 451 g/mol. The number of aliphatic carboxylic acids is 2. The maximum atomic E-state index is 10.2. The first-order chi connectivity index (χ1) is 8.61. The fraction of sp³-hybridized carbons (Fsp3) is 0.571. The first kappa shape index (κ1) is 18.4. The van der Waals surface area contributed by atoms with E-state index >= 15 is 0 Å². The van der Waals surface area contributed by atoms with Crippen molar-refractivity contribution < 1.29 is 47.5 Å². The first-order valence-electron chi connectivity index (χ1n) is 6.36. The van der Waals surface area contributed by atoms with Gasteiger partial charge in [-0.05, 0) is 38.5 Å². The summed E-state index contributed by atoms with van der Waals surface area (Å²) in [4.78, 5) is 20.4. The van der Waals surface area contributed by atoms with Gasteiger partial charge in [0.2, 0.25) is 0 Å². The third-order valence-corrected chi connectivity index (χ3v) is 3.11. The van der Waals surface area contributed by atoms with Gasteiger partial charge in [0.05, 0.1) is 0 Å². The van der Waals surface area contributed by atoms with Crippen LogP contribution in [0.2, 0.25) is 0 Å².